The molecule has 3 nitrogen and oxygen atoms in total. The van der Waals surface area contributed by atoms with Gasteiger partial charge in [0.15, 0.2) is 0 Å². The Morgan fingerprint density at radius 2 is 1.89 bits per heavy atom. The van der Waals surface area contributed by atoms with E-state index in [-0.39, 0.29) is 4.75 Å². The summed E-state index contributed by atoms with van der Waals surface area (Å²) in [4.78, 5) is 4.32. The van der Waals surface area contributed by atoms with Crippen molar-refractivity contribution < 1.29 is 4.55 Å². The summed E-state index contributed by atoms with van der Waals surface area (Å²) in [5.41, 5.74) is 2.70. The number of aromatic nitrogens is 1. The lowest BCUT2D eigenvalue weighted by molar-refractivity contribution is 0.561. The number of fused-ring (bicyclic) bond motifs is 1. The van der Waals surface area contributed by atoms with E-state index in [1.807, 2.05) is 58.0 Å². The van der Waals surface area contributed by atoms with Crippen molar-refractivity contribution >= 4 is 28.0 Å². The van der Waals surface area contributed by atoms with Gasteiger partial charge in [0.05, 0.1) is 11.2 Å². The molecule has 4 heteroatoms. The van der Waals surface area contributed by atoms with E-state index < -0.39 is 11.4 Å². The molecule has 2 aromatic rings. The second-order valence-electron chi connectivity index (χ2n) is 5.41. The lowest BCUT2D eigenvalue weighted by Gasteiger charge is -2.19. The first-order valence-corrected chi connectivity index (χ1v) is 7.31. The average Bonchev–Trinajstić information content (AvgIpc) is 2.36. The number of hydrogen-bond acceptors (Lipinski definition) is 3. The van der Waals surface area contributed by atoms with E-state index in [1.165, 1.54) is 0 Å². The second-order valence-corrected chi connectivity index (χ2v) is 7.32. The molecule has 0 aliphatic carbocycles. The van der Waals surface area contributed by atoms with Gasteiger partial charge in [-0.25, -0.2) is 0 Å². The monoisotopic (exact) mass is 274 g/mol. The molecule has 1 aromatic heterocycles. The van der Waals surface area contributed by atoms with Crippen LogP contribution in [0, 0.1) is 0 Å². The number of hydrogen-bond donors (Lipinski definition) is 0. The van der Waals surface area contributed by atoms with Gasteiger partial charge in [0.1, 0.15) is 16.1 Å². The minimum atomic E-state index is -1.24. The van der Waals surface area contributed by atoms with Gasteiger partial charge in [-0.1, -0.05) is 22.6 Å². The summed E-state index contributed by atoms with van der Waals surface area (Å²) >= 11 is -1.24. The van der Waals surface area contributed by atoms with Crippen molar-refractivity contribution in [3.63, 3.8) is 0 Å². The fourth-order valence-corrected chi connectivity index (χ4v) is 2.34. The van der Waals surface area contributed by atoms with E-state index >= 15 is 0 Å². The highest BCUT2D eigenvalue weighted by atomic mass is 32.2. The van der Waals surface area contributed by atoms with E-state index in [0.717, 1.165) is 22.2 Å². The molecule has 0 radical (unpaired) electrons. The molecule has 0 N–H and O–H groups in total. The third kappa shape index (κ3) is 3.14. The highest BCUT2D eigenvalue weighted by molar-refractivity contribution is 7.91. The summed E-state index contributed by atoms with van der Waals surface area (Å²) in [5, 5.41) is 1.04. The molecule has 0 saturated heterocycles. The van der Waals surface area contributed by atoms with Gasteiger partial charge in [-0.2, -0.15) is 0 Å². The highest BCUT2D eigenvalue weighted by Crippen LogP contribution is 2.21. The van der Waals surface area contributed by atoms with Crippen LogP contribution in [0.5, 0.6) is 0 Å². The number of nitrogens with zero attached hydrogens (tertiary/aromatic N) is 2. The number of benzene rings is 1. The molecule has 1 aromatic carbocycles. The topological polar surface area (TPSA) is 48.3 Å². The smallest absolute Gasteiger partial charge is 0.144 e. The normalized spacial score (nSPS) is 14.7. The Morgan fingerprint density at radius 3 is 2.58 bits per heavy atom. The van der Waals surface area contributed by atoms with Crippen LogP contribution in [-0.2, 0) is 11.4 Å². The zero-order valence-electron chi connectivity index (χ0n) is 11.7. The molecule has 100 valence electrons. The van der Waals surface area contributed by atoms with Gasteiger partial charge in [-0.3, -0.25) is 4.98 Å². The Bertz CT molecular complexity index is 612. The van der Waals surface area contributed by atoms with Gasteiger partial charge in [0.2, 0.25) is 0 Å². The Morgan fingerprint density at radius 1 is 1.21 bits per heavy atom. The minimum Gasteiger partial charge on any atom is -0.591 e. The van der Waals surface area contributed by atoms with Crippen LogP contribution in [0.3, 0.4) is 0 Å². The van der Waals surface area contributed by atoms with Crippen molar-refractivity contribution in [2.45, 2.75) is 32.4 Å². The van der Waals surface area contributed by atoms with Gasteiger partial charge in [0.25, 0.3) is 0 Å². The quantitative estimate of drug-likeness (QED) is 0.621. The fraction of sp³-hybridized carbons (Fsp3) is 0.333. The SMILES string of the molecule is C/C(=N/[S+]([O-])C(C)(C)C)c1ccnc2ccccc12. The van der Waals surface area contributed by atoms with Crippen LogP contribution >= 0.6 is 0 Å². The van der Waals surface area contributed by atoms with Crippen molar-refractivity contribution in [2.24, 2.45) is 4.40 Å². The summed E-state index contributed by atoms with van der Waals surface area (Å²) in [5.74, 6) is 0. The second kappa shape index (κ2) is 5.31. The fourth-order valence-electron chi connectivity index (χ4n) is 1.72. The number of pyridine rings is 1. The first-order valence-electron chi connectivity index (χ1n) is 6.21. The third-order valence-corrected chi connectivity index (χ3v) is 4.27. The average molecular weight is 274 g/mol. The lowest BCUT2D eigenvalue weighted by Crippen LogP contribution is -2.26. The minimum absolute atomic E-state index is 0.343. The van der Waals surface area contributed by atoms with Gasteiger partial charge < -0.3 is 4.55 Å². The van der Waals surface area contributed by atoms with Gasteiger partial charge >= 0.3 is 0 Å². The summed E-state index contributed by atoms with van der Waals surface area (Å²) in [6.07, 6.45) is 1.76. The standard InChI is InChI=1S/C15H18N2OS/c1-11(17-19(18)15(2,3)4)12-9-10-16-14-8-6-5-7-13(12)14/h5-10H,1-4H3/b17-11-. The highest BCUT2D eigenvalue weighted by Gasteiger charge is 2.26. The zero-order chi connectivity index (χ0) is 14.0. The maximum absolute atomic E-state index is 12.1. The van der Waals surface area contributed by atoms with Crippen LogP contribution in [-0.4, -0.2) is 20.0 Å². The van der Waals surface area contributed by atoms with E-state index in [2.05, 4.69) is 9.38 Å². The Hall–Kier alpha value is -1.39. The molecule has 0 bridgehead atoms. The first-order chi connectivity index (χ1) is 8.89. The van der Waals surface area contributed by atoms with Crippen molar-refractivity contribution in [3.05, 3.63) is 42.1 Å². The van der Waals surface area contributed by atoms with Crippen LogP contribution in [0.25, 0.3) is 10.9 Å². The van der Waals surface area contributed by atoms with E-state index in [0.29, 0.717) is 0 Å². The predicted molar refractivity (Wildman–Crippen MR) is 81.8 cm³/mol. The van der Waals surface area contributed by atoms with Crippen LogP contribution in [0.2, 0.25) is 0 Å². The van der Waals surface area contributed by atoms with Crippen LogP contribution in [0.4, 0.5) is 0 Å². The molecule has 0 spiro atoms. The van der Waals surface area contributed by atoms with Crippen molar-refractivity contribution in [3.8, 4) is 0 Å². The molecule has 1 unspecified atom stereocenters. The van der Waals surface area contributed by atoms with Gasteiger partial charge in [0, 0.05) is 17.1 Å². The third-order valence-electron chi connectivity index (χ3n) is 2.78. The molecular weight excluding hydrogens is 256 g/mol. The number of rotatable bonds is 2. The lowest BCUT2D eigenvalue weighted by atomic mass is 10.1. The maximum atomic E-state index is 12.1. The molecule has 0 fully saturated rings. The van der Waals surface area contributed by atoms with E-state index in [1.54, 1.807) is 6.20 Å². The summed E-state index contributed by atoms with van der Waals surface area (Å²) < 4.78 is 16.1. The van der Waals surface area contributed by atoms with Crippen molar-refractivity contribution in [2.75, 3.05) is 0 Å². The van der Waals surface area contributed by atoms with Crippen LogP contribution in [0.15, 0.2) is 40.9 Å². The Kier molecular flexibility index (Phi) is 3.92. The van der Waals surface area contributed by atoms with Crippen molar-refractivity contribution in [1.29, 1.82) is 0 Å². The summed E-state index contributed by atoms with van der Waals surface area (Å²) in [6, 6.07) is 9.82. The Labute approximate surface area is 117 Å². The van der Waals surface area contributed by atoms with Gasteiger partial charge in [-0.05, 0) is 39.8 Å². The molecule has 0 aliphatic rings. The maximum Gasteiger partial charge on any atom is 0.144 e. The molecule has 19 heavy (non-hydrogen) atoms. The largest absolute Gasteiger partial charge is 0.591 e. The van der Waals surface area contributed by atoms with Crippen LogP contribution in [0.1, 0.15) is 33.3 Å². The summed E-state index contributed by atoms with van der Waals surface area (Å²) in [7, 11) is 0. The van der Waals surface area contributed by atoms with Gasteiger partial charge in [-0.15, -0.1) is 0 Å². The molecule has 2 rings (SSSR count). The van der Waals surface area contributed by atoms with Crippen LogP contribution < -0.4 is 0 Å². The summed E-state index contributed by atoms with van der Waals surface area (Å²) in [6.45, 7) is 7.66. The van der Waals surface area contributed by atoms with E-state index in [9.17, 15) is 4.55 Å². The van der Waals surface area contributed by atoms with E-state index in [4.69, 9.17) is 0 Å². The molecule has 1 heterocycles. The molecule has 1 atom stereocenters. The molecule has 0 amide bonds. The number of para-hydroxylation sites is 1. The molecular formula is C15H18N2OS. The zero-order valence-corrected chi connectivity index (χ0v) is 12.5. The Balaban J connectivity index is 2.47. The molecule has 0 saturated carbocycles. The predicted octanol–water partition coefficient (Wildman–Crippen LogP) is 3.51. The van der Waals surface area contributed by atoms with Crippen molar-refractivity contribution in [1.82, 2.24) is 4.98 Å². The first kappa shape index (κ1) is 14.0. The molecule has 0 aliphatic heterocycles.